The third-order valence-corrected chi connectivity index (χ3v) is 4.57. The molecule has 0 aliphatic carbocycles. The van der Waals surface area contributed by atoms with Crippen LogP contribution in [0.5, 0.6) is 0 Å². The summed E-state index contributed by atoms with van der Waals surface area (Å²) in [4.78, 5) is 14.6. The Hall–Kier alpha value is -1.35. The number of likely N-dealkylation sites (tertiary alicyclic amines) is 1. The Bertz CT molecular complexity index is 484. The molecule has 2 rings (SSSR count). The van der Waals surface area contributed by atoms with Gasteiger partial charge in [0.2, 0.25) is 5.91 Å². The molecule has 2 N–H and O–H groups in total. The Labute approximate surface area is 122 Å². The van der Waals surface area contributed by atoms with Crippen LogP contribution in [0, 0.1) is 19.8 Å². The van der Waals surface area contributed by atoms with Crippen LogP contribution in [0.25, 0.3) is 0 Å². The zero-order valence-corrected chi connectivity index (χ0v) is 12.9. The Kier molecular flexibility index (Phi) is 4.81. The molecular formula is C17H26N2O. The fourth-order valence-corrected chi connectivity index (χ4v) is 3.04. The van der Waals surface area contributed by atoms with E-state index in [0.29, 0.717) is 6.54 Å². The van der Waals surface area contributed by atoms with Crippen molar-refractivity contribution in [3.63, 3.8) is 0 Å². The van der Waals surface area contributed by atoms with Gasteiger partial charge in [0.1, 0.15) is 0 Å². The van der Waals surface area contributed by atoms with Crippen LogP contribution in [0.1, 0.15) is 48.9 Å². The van der Waals surface area contributed by atoms with Crippen molar-refractivity contribution in [2.45, 2.75) is 46.1 Å². The second kappa shape index (κ2) is 6.40. The van der Waals surface area contributed by atoms with E-state index in [1.807, 2.05) is 6.92 Å². The van der Waals surface area contributed by atoms with Crippen molar-refractivity contribution in [1.82, 2.24) is 4.90 Å². The van der Waals surface area contributed by atoms with E-state index in [2.05, 4.69) is 36.9 Å². The summed E-state index contributed by atoms with van der Waals surface area (Å²) in [6, 6.07) is 6.63. The number of hydrogen-bond donors (Lipinski definition) is 1. The van der Waals surface area contributed by atoms with E-state index in [-0.39, 0.29) is 17.9 Å². The molecule has 1 fully saturated rings. The maximum atomic E-state index is 12.6. The van der Waals surface area contributed by atoms with Crippen LogP contribution < -0.4 is 5.73 Å². The minimum absolute atomic E-state index is 0.0827. The molecule has 0 radical (unpaired) electrons. The fourth-order valence-electron chi connectivity index (χ4n) is 3.04. The molecule has 1 aromatic carbocycles. The van der Waals surface area contributed by atoms with Gasteiger partial charge in [-0.2, -0.15) is 0 Å². The van der Waals surface area contributed by atoms with Crippen LogP contribution in [-0.2, 0) is 4.79 Å². The molecular weight excluding hydrogens is 248 g/mol. The van der Waals surface area contributed by atoms with Crippen molar-refractivity contribution in [1.29, 1.82) is 0 Å². The van der Waals surface area contributed by atoms with Crippen molar-refractivity contribution in [2.24, 2.45) is 11.7 Å². The molecule has 1 aromatic rings. The van der Waals surface area contributed by atoms with Crippen LogP contribution in [0.4, 0.5) is 0 Å². The number of hydrogen-bond acceptors (Lipinski definition) is 2. The van der Waals surface area contributed by atoms with E-state index in [1.54, 1.807) is 0 Å². The maximum Gasteiger partial charge on any atom is 0.227 e. The smallest absolute Gasteiger partial charge is 0.227 e. The third-order valence-electron chi connectivity index (χ3n) is 4.57. The molecule has 1 aliphatic rings. The highest BCUT2D eigenvalue weighted by molar-refractivity contribution is 5.79. The topological polar surface area (TPSA) is 46.3 Å². The lowest BCUT2D eigenvalue weighted by Gasteiger charge is -2.38. The van der Waals surface area contributed by atoms with E-state index in [0.717, 1.165) is 19.4 Å². The van der Waals surface area contributed by atoms with E-state index in [4.69, 9.17) is 5.73 Å². The van der Waals surface area contributed by atoms with Crippen molar-refractivity contribution in [2.75, 3.05) is 13.1 Å². The van der Waals surface area contributed by atoms with E-state index in [1.165, 1.54) is 23.1 Å². The second-order valence-electron chi connectivity index (χ2n) is 5.97. The van der Waals surface area contributed by atoms with Crippen molar-refractivity contribution in [3.8, 4) is 0 Å². The normalized spacial score (nSPS) is 20.8. The number of nitrogens with zero attached hydrogens (tertiary/aromatic N) is 1. The highest BCUT2D eigenvalue weighted by Gasteiger charge is 2.30. The predicted molar refractivity (Wildman–Crippen MR) is 82.4 cm³/mol. The van der Waals surface area contributed by atoms with Gasteiger partial charge in [0.25, 0.3) is 0 Å². The Morgan fingerprint density at radius 3 is 2.85 bits per heavy atom. The second-order valence-corrected chi connectivity index (χ2v) is 5.97. The van der Waals surface area contributed by atoms with Crippen molar-refractivity contribution < 1.29 is 4.79 Å². The summed E-state index contributed by atoms with van der Waals surface area (Å²) in [7, 11) is 0. The van der Waals surface area contributed by atoms with Gasteiger partial charge < -0.3 is 10.6 Å². The van der Waals surface area contributed by atoms with Gasteiger partial charge in [0.05, 0.1) is 6.04 Å². The lowest BCUT2D eigenvalue weighted by molar-refractivity contribution is -0.138. The zero-order valence-electron chi connectivity index (χ0n) is 12.9. The summed E-state index contributed by atoms with van der Waals surface area (Å²) in [5, 5.41) is 0. The average Bonchev–Trinajstić information content (AvgIpc) is 2.48. The molecule has 1 amide bonds. The molecule has 0 spiro atoms. The average molecular weight is 274 g/mol. The van der Waals surface area contributed by atoms with E-state index in [9.17, 15) is 4.79 Å². The Balaban J connectivity index is 2.31. The zero-order chi connectivity index (χ0) is 14.7. The SMILES string of the molecule is Cc1cccc(C2CCCCN2C(=O)C(C)CN)c1C. The van der Waals surface area contributed by atoms with E-state index < -0.39 is 0 Å². The molecule has 3 heteroatoms. The minimum atomic E-state index is -0.0827. The van der Waals surface area contributed by atoms with Gasteiger partial charge in [0, 0.05) is 19.0 Å². The number of carbonyl (C=O) groups excluding carboxylic acids is 1. The highest BCUT2D eigenvalue weighted by atomic mass is 16.2. The number of nitrogens with two attached hydrogens (primary N) is 1. The fraction of sp³-hybridized carbons (Fsp3) is 0.588. The molecule has 3 nitrogen and oxygen atoms in total. The summed E-state index contributed by atoms with van der Waals surface area (Å²) in [5.41, 5.74) is 9.59. The number of benzene rings is 1. The number of rotatable bonds is 3. The van der Waals surface area contributed by atoms with Gasteiger partial charge in [0.15, 0.2) is 0 Å². The first kappa shape index (κ1) is 15.0. The summed E-state index contributed by atoms with van der Waals surface area (Å²) in [5.74, 6) is 0.124. The Morgan fingerprint density at radius 2 is 2.15 bits per heavy atom. The third kappa shape index (κ3) is 2.88. The van der Waals surface area contributed by atoms with Crippen LogP contribution >= 0.6 is 0 Å². The van der Waals surface area contributed by atoms with Gasteiger partial charge in [-0.05, 0) is 49.8 Å². The molecule has 1 heterocycles. The van der Waals surface area contributed by atoms with Crippen molar-refractivity contribution >= 4 is 5.91 Å². The Morgan fingerprint density at radius 1 is 1.40 bits per heavy atom. The number of carbonyl (C=O) groups is 1. The van der Waals surface area contributed by atoms with Gasteiger partial charge >= 0.3 is 0 Å². The molecule has 1 aliphatic heterocycles. The van der Waals surface area contributed by atoms with Gasteiger partial charge in [-0.25, -0.2) is 0 Å². The quantitative estimate of drug-likeness (QED) is 0.921. The van der Waals surface area contributed by atoms with Crippen LogP contribution in [0.3, 0.4) is 0 Å². The molecule has 2 atom stereocenters. The van der Waals surface area contributed by atoms with Gasteiger partial charge in [-0.3, -0.25) is 4.79 Å². The first-order valence-electron chi connectivity index (χ1n) is 7.63. The minimum Gasteiger partial charge on any atom is -0.335 e. The van der Waals surface area contributed by atoms with Crippen molar-refractivity contribution in [3.05, 3.63) is 34.9 Å². The van der Waals surface area contributed by atoms with Crippen LogP contribution in [0.15, 0.2) is 18.2 Å². The largest absolute Gasteiger partial charge is 0.335 e. The summed E-state index contributed by atoms with van der Waals surface area (Å²) in [6.45, 7) is 7.51. The number of aryl methyl sites for hydroxylation is 1. The lowest BCUT2D eigenvalue weighted by Crippen LogP contribution is -2.43. The number of amides is 1. The van der Waals surface area contributed by atoms with Crippen LogP contribution in [0.2, 0.25) is 0 Å². The maximum absolute atomic E-state index is 12.6. The summed E-state index contributed by atoms with van der Waals surface area (Å²) >= 11 is 0. The van der Waals surface area contributed by atoms with Crippen LogP contribution in [-0.4, -0.2) is 23.9 Å². The molecule has 0 bridgehead atoms. The molecule has 2 unspecified atom stereocenters. The predicted octanol–water partition coefficient (Wildman–Crippen LogP) is 2.95. The summed E-state index contributed by atoms with van der Waals surface area (Å²) in [6.07, 6.45) is 3.36. The monoisotopic (exact) mass is 274 g/mol. The first-order valence-corrected chi connectivity index (χ1v) is 7.63. The molecule has 1 saturated heterocycles. The molecule has 0 aromatic heterocycles. The molecule has 110 valence electrons. The highest BCUT2D eigenvalue weighted by Crippen LogP contribution is 2.34. The molecule has 0 saturated carbocycles. The lowest BCUT2D eigenvalue weighted by atomic mass is 9.89. The van der Waals surface area contributed by atoms with Gasteiger partial charge in [-0.1, -0.05) is 25.1 Å². The summed E-state index contributed by atoms with van der Waals surface area (Å²) < 4.78 is 0. The van der Waals surface area contributed by atoms with E-state index >= 15 is 0 Å². The van der Waals surface area contributed by atoms with Gasteiger partial charge in [-0.15, -0.1) is 0 Å². The standard InChI is InChI=1S/C17H26N2O/c1-12-7-6-8-15(14(12)3)16-9-4-5-10-19(16)17(20)13(2)11-18/h6-8,13,16H,4-5,9-11,18H2,1-3H3. The number of piperidine rings is 1. The first-order chi connectivity index (χ1) is 9.56. The molecule has 20 heavy (non-hydrogen) atoms.